The van der Waals surface area contributed by atoms with Gasteiger partial charge in [0.05, 0.1) is 12.6 Å². The summed E-state index contributed by atoms with van der Waals surface area (Å²) in [5.74, 6) is 0. The maximum absolute atomic E-state index is 5.07. The zero-order valence-corrected chi connectivity index (χ0v) is 9.52. The Balaban J connectivity index is 2.67. The van der Waals surface area contributed by atoms with Crippen molar-refractivity contribution in [2.24, 2.45) is 0 Å². The Kier molecular flexibility index (Phi) is 5.08. The molecule has 1 rings (SSSR count). The number of hydrogen-bond donors (Lipinski definition) is 0. The van der Waals surface area contributed by atoms with Crippen molar-refractivity contribution in [2.45, 2.75) is 6.04 Å². The molecule has 1 aromatic carbocycles. The molecule has 0 fully saturated rings. The highest BCUT2D eigenvalue weighted by molar-refractivity contribution is 5.22. The van der Waals surface area contributed by atoms with Gasteiger partial charge in [-0.05, 0) is 12.6 Å². The van der Waals surface area contributed by atoms with Crippen molar-refractivity contribution >= 4 is 0 Å². The molecule has 1 aromatic rings. The van der Waals surface area contributed by atoms with Crippen molar-refractivity contribution in [1.82, 2.24) is 4.90 Å². The third-order valence-electron chi connectivity index (χ3n) is 2.49. The number of likely N-dealkylation sites (N-methyl/N-ethyl adjacent to an activating group) is 1. The third-order valence-corrected chi connectivity index (χ3v) is 2.49. The van der Waals surface area contributed by atoms with Crippen molar-refractivity contribution in [2.75, 3.05) is 27.3 Å². The second kappa shape index (κ2) is 6.38. The normalized spacial score (nSPS) is 12.7. The van der Waals surface area contributed by atoms with Crippen LogP contribution in [0.4, 0.5) is 0 Å². The van der Waals surface area contributed by atoms with Crippen LogP contribution in [0.1, 0.15) is 11.6 Å². The largest absolute Gasteiger partial charge is 0.383 e. The van der Waals surface area contributed by atoms with E-state index < -0.39 is 0 Å². The minimum Gasteiger partial charge on any atom is -0.383 e. The first-order chi connectivity index (χ1) is 7.29. The predicted molar refractivity (Wildman–Crippen MR) is 63.9 cm³/mol. The second-order valence-electron chi connectivity index (χ2n) is 3.56. The van der Waals surface area contributed by atoms with Crippen LogP contribution in [0.3, 0.4) is 0 Å². The monoisotopic (exact) mass is 205 g/mol. The summed E-state index contributed by atoms with van der Waals surface area (Å²) in [5, 5.41) is 0. The van der Waals surface area contributed by atoms with Gasteiger partial charge in [-0.15, -0.1) is 6.58 Å². The number of rotatable bonds is 6. The van der Waals surface area contributed by atoms with E-state index >= 15 is 0 Å². The Morgan fingerprint density at radius 1 is 1.40 bits per heavy atom. The second-order valence-corrected chi connectivity index (χ2v) is 3.56. The van der Waals surface area contributed by atoms with E-state index in [0.29, 0.717) is 0 Å². The lowest BCUT2D eigenvalue weighted by Crippen LogP contribution is -2.26. The van der Waals surface area contributed by atoms with E-state index in [1.165, 1.54) is 5.56 Å². The summed E-state index contributed by atoms with van der Waals surface area (Å²) in [7, 11) is 3.80. The molecule has 0 radical (unpaired) electrons. The summed E-state index contributed by atoms with van der Waals surface area (Å²) in [5.41, 5.74) is 1.27. The molecule has 0 heterocycles. The fourth-order valence-corrected chi connectivity index (χ4v) is 1.60. The van der Waals surface area contributed by atoms with Crippen LogP contribution in [0.25, 0.3) is 0 Å². The lowest BCUT2D eigenvalue weighted by molar-refractivity contribution is 0.149. The van der Waals surface area contributed by atoms with E-state index in [1.54, 1.807) is 7.11 Å². The van der Waals surface area contributed by atoms with Gasteiger partial charge in [-0.1, -0.05) is 36.4 Å². The smallest absolute Gasteiger partial charge is 0.0589 e. The van der Waals surface area contributed by atoms with Crippen LogP contribution < -0.4 is 0 Å². The first kappa shape index (κ1) is 12.0. The van der Waals surface area contributed by atoms with Crippen LogP contribution in [0.5, 0.6) is 0 Å². The van der Waals surface area contributed by atoms with Gasteiger partial charge in [-0.25, -0.2) is 0 Å². The van der Waals surface area contributed by atoms with Gasteiger partial charge in [0, 0.05) is 13.7 Å². The molecular formula is C13H19NO. The zero-order chi connectivity index (χ0) is 11.1. The average molecular weight is 205 g/mol. The highest BCUT2D eigenvalue weighted by Gasteiger charge is 2.11. The maximum atomic E-state index is 5.07. The summed E-state index contributed by atoms with van der Waals surface area (Å²) < 4.78 is 5.07. The van der Waals surface area contributed by atoms with Crippen molar-refractivity contribution < 1.29 is 4.74 Å². The number of methoxy groups -OCH3 is 1. The molecule has 0 bridgehead atoms. The van der Waals surface area contributed by atoms with Gasteiger partial charge in [0.15, 0.2) is 0 Å². The lowest BCUT2D eigenvalue weighted by Gasteiger charge is -2.25. The summed E-state index contributed by atoms with van der Waals surface area (Å²) in [6.45, 7) is 5.53. The molecule has 1 atom stereocenters. The van der Waals surface area contributed by atoms with E-state index in [4.69, 9.17) is 4.74 Å². The Bertz CT molecular complexity index is 284. The van der Waals surface area contributed by atoms with Crippen LogP contribution in [0.15, 0.2) is 43.0 Å². The molecule has 0 saturated carbocycles. The van der Waals surface area contributed by atoms with Crippen molar-refractivity contribution in [3.05, 3.63) is 48.6 Å². The molecule has 0 aromatic heterocycles. The summed E-state index contributed by atoms with van der Waals surface area (Å²) in [4.78, 5) is 2.23. The fraction of sp³-hybridized carbons (Fsp3) is 0.385. The first-order valence-electron chi connectivity index (χ1n) is 5.16. The van der Waals surface area contributed by atoms with Crippen molar-refractivity contribution in [3.8, 4) is 0 Å². The molecule has 0 aliphatic rings. The van der Waals surface area contributed by atoms with Crippen molar-refractivity contribution in [3.63, 3.8) is 0 Å². The number of nitrogens with zero attached hydrogens (tertiary/aromatic N) is 1. The SMILES string of the molecule is C=C[C@@H](c1ccccc1)N(C)CCOC. The Hall–Kier alpha value is -1.12. The third kappa shape index (κ3) is 3.50. The molecule has 15 heavy (non-hydrogen) atoms. The van der Waals surface area contributed by atoms with Crippen LogP contribution >= 0.6 is 0 Å². The van der Waals surface area contributed by atoms with Crippen LogP contribution in [-0.2, 0) is 4.74 Å². The maximum Gasteiger partial charge on any atom is 0.0589 e. The number of ether oxygens (including phenoxy) is 1. The summed E-state index contributed by atoms with van der Waals surface area (Å²) >= 11 is 0. The zero-order valence-electron chi connectivity index (χ0n) is 9.52. The molecule has 0 aliphatic carbocycles. The van der Waals surface area contributed by atoms with E-state index in [1.807, 2.05) is 12.1 Å². The molecule has 2 heteroatoms. The van der Waals surface area contributed by atoms with Gasteiger partial charge >= 0.3 is 0 Å². The molecule has 0 aliphatic heterocycles. The molecule has 0 spiro atoms. The molecule has 82 valence electrons. The average Bonchev–Trinajstić information content (AvgIpc) is 2.29. The van der Waals surface area contributed by atoms with Crippen molar-refractivity contribution in [1.29, 1.82) is 0 Å². The molecule has 0 amide bonds. The highest BCUT2D eigenvalue weighted by atomic mass is 16.5. The summed E-state index contributed by atoms with van der Waals surface area (Å²) in [6.07, 6.45) is 1.96. The van der Waals surface area contributed by atoms with E-state index in [9.17, 15) is 0 Å². The van der Waals surface area contributed by atoms with Gasteiger partial charge in [-0.2, -0.15) is 0 Å². The minimum absolute atomic E-state index is 0.265. The van der Waals surface area contributed by atoms with E-state index in [2.05, 4.69) is 42.8 Å². The van der Waals surface area contributed by atoms with Crippen LogP contribution in [0.2, 0.25) is 0 Å². The number of hydrogen-bond acceptors (Lipinski definition) is 2. The topological polar surface area (TPSA) is 12.5 Å². The van der Waals surface area contributed by atoms with Gasteiger partial charge in [0.1, 0.15) is 0 Å². The molecule has 0 unspecified atom stereocenters. The summed E-state index contributed by atoms with van der Waals surface area (Å²) in [6, 6.07) is 10.6. The van der Waals surface area contributed by atoms with E-state index in [0.717, 1.165) is 13.2 Å². The highest BCUT2D eigenvalue weighted by Crippen LogP contribution is 2.19. The fourth-order valence-electron chi connectivity index (χ4n) is 1.60. The van der Waals surface area contributed by atoms with Gasteiger partial charge in [0.25, 0.3) is 0 Å². The first-order valence-corrected chi connectivity index (χ1v) is 5.16. The van der Waals surface area contributed by atoms with Gasteiger partial charge < -0.3 is 4.74 Å². The molecular weight excluding hydrogens is 186 g/mol. The Morgan fingerprint density at radius 2 is 2.07 bits per heavy atom. The minimum atomic E-state index is 0.265. The lowest BCUT2D eigenvalue weighted by atomic mass is 10.1. The van der Waals surface area contributed by atoms with Gasteiger partial charge in [-0.3, -0.25) is 4.90 Å². The molecule has 2 nitrogen and oxygen atoms in total. The van der Waals surface area contributed by atoms with Crippen LogP contribution in [0, 0.1) is 0 Å². The van der Waals surface area contributed by atoms with Gasteiger partial charge in [0.2, 0.25) is 0 Å². The number of benzene rings is 1. The molecule has 0 saturated heterocycles. The quantitative estimate of drug-likeness (QED) is 0.662. The van der Waals surface area contributed by atoms with Crippen LogP contribution in [-0.4, -0.2) is 32.2 Å². The van der Waals surface area contributed by atoms with E-state index in [-0.39, 0.29) is 6.04 Å². The Labute approximate surface area is 92.2 Å². The Morgan fingerprint density at radius 3 is 2.60 bits per heavy atom. The predicted octanol–water partition coefficient (Wildman–Crippen LogP) is 2.49. The molecule has 0 N–H and O–H groups in total. The standard InChI is InChI=1S/C13H19NO/c1-4-13(14(2)10-11-15-3)12-8-6-5-7-9-12/h4-9,13H,1,10-11H2,2-3H3/t13-/m0/s1.